The van der Waals surface area contributed by atoms with Crippen LogP contribution in [0.1, 0.15) is 20.3 Å². The molecule has 7 heteroatoms. The number of amides is 4. The molecule has 0 atom stereocenters. The third-order valence-corrected chi connectivity index (χ3v) is 2.20. The molecular formula is C10H20N4O3. The van der Waals surface area contributed by atoms with Crippen molar-refractivity contribution >= 4 is 17.8 Å². The topological polar surface area (TPSA) is 105 Å². The third kappa shape index (κ3) is 7.29. The molecule has 0 aromatic heterocycles. The monoisotopic (exact) mass is 244 g/mol. The number of nitrogens with zero attached hydrogens (tertiary/aromatic N) is 1. The van der Waals surface area contributed by atoms with Crippen LogP contribution < -0.4 is 16.4 Å². The van der Waals surface area contributed by atoms with E-state index in [0.717, 1.165) is 0 Å². The molecule has 0 bridgehead atoms. The fourth-order valence-electron chi connectivity index (χ4n) is 1.22. The Morgan fingerprint density at radius 3 is 2.29 bits per heavy atom. The number of carbonyl (C=O) groups excluding carboxylic acids is 3. The Kier molecular flexibility index (Phi) is 6.88. The summed E-state index contributed by atoms with van der Waals surface area (Å²) in [5, 5.41) is 4.43. The fraction of sp³-hybridized carbons (Fsp3) is 0.700. The number of imide groups is 1. The number of carbonyl (C=O) groups is 3. The zero-order valence-corrected chi connectivity index (χ0v) is 10.4. The van der Waals surface area contributed by atoms with Gasteiger partial charge < -0.3 is 11.1 Å². The summed E-state index contributed by atoms with van der Waals surface area (Å²) in [6, 6.07) is -0.434. The highest BCUT2D eigenvalue weighted by molar-refractivity contribution is 5.94. The van der Waals surface area contributed by atoms with Crippen LogP contribution in [0.4, 0.5) is 4.79 Å². The fourth-order valence-corrected chi connectivity index (χ4v) is 1.22. The molecule has 0 aliphatic rings. The van der Waals surface area contributed by atoms with Crippen LogP contribution >= 0.6 is 0 Å². The summed E-state index contributed by atoms with van der Waals surface area (Å²) in [6.45, 7) is 4.29. The van der Waals surface area contributed by atoms with Crippen molar-refractivity contribution in [3.8, 4) is 0 Å². The maximum absolute atomic E-state index is 11.3. The zero-order valence-electron chi connectivity index (χ0n) is 10.4. The Morgan fingerprint density at radius 1 is 1.29 bits per heavy atom. The van der Waals surface area contributed by atoms with E-state index >= 15 is 0 Å². The summed E-state index contributed by atoms with van der Waals surface area (Å²) in [5.41, 5.74) is 5.09. The summed E-state index contributed by atoms with van der Waals surface area (Å²) in [6.07, 6.45) is 0.138. The molecule has 0 spiro atoms. The highest BCUT2D eigenvalue weighted by Crippen LogP contribution is 1.99. The normalized spacial score (nSPS) is 10.4. The molecule has 0 aromatic carbocycles. The molecule has 0 aliphatic heterocycles. The molecule has 7 nitrogen and oxygen atoms in total. The second-order valence-electron chi connectivity index (χ2n) is 3.91. The van der Waals surface area contributed by atoms with Crippen molar-refractivity contribution in [2.75, 3.05) is 20.1 Å². The van der Waals surface area contributed by atoms with Crippen LogP contribution in [0.25, 0.3) is 0 Å². The van der Waals surface area contributed by atoms with Crippen molar-refractivity contribution in [1.29, 1.82) is 0 Å². The Hall–Kier alpha value is -1.63. The van der Waals surface area contributed by atoms with E-state index in [2.05, 4.69) is 10.6 Å². The first-order valence-electron chi connectivity index (χ1n) is 5.40. The first-order valence-corrected chi connectivity index (χ1v) is 5.40. The molecule has 0 heterocycles. The summed E-state index contributed by atoms with van der Waals surface area (Å²) >= 11 is 0. The van der Waals surface area contributed by atoms with Gasteiger partial charge in [-0.15, -0.1) is 0 Å². The van der Waals surface area contributed by atoms with Crippen LogP contribution in [0, 0.1) is 0 Å². The number of nitrogens with one attached hydrogen (secondary N) is 2. The van der Waals surface area contributed by atoms with E-state index in [1.807, 2.05) is 13.8 Å². The van der Waals surface area contributed by atoms with E-state index in [1.54, 1.807) is 4.90 Å². The van der Waals surface area contributed by atoms with Gasteiger partial charge in [-0.2, -0.15) is 0 Å². The zero-order chi connectivity index (χ0) is 13.4. The summed E-state index contributed by atoms with van der Waals surface area (Å²) in [7, 11) is 1.43. The minimum atomic E-state index is -0.541. The Bertz CT molecular complexity index is 291. The van der Waals surface area contributed by atoms with Gasteiger partial charge in [0.25, 0.3) is 0 Å². The van der Waals surface area contributed by atoms with E-state index < -0.39 is 11.9 Å². The number of primary amides is 1. The molecule has 0 aliphatic carbocycles. The summed E-state index contributed by atoms with van der Waals surface area (Å²) in [4.78, 5) is 34.7. The predicted molar refractivity (Wildman–Crippen MR) is 63.1 cm³/mol. The maximum atomic E-state index is 11.3. The molecule has 98 valence electrons. The van der Waals surface area contributed by atoms with Crippen molar-refractivity contribution < 1.29 is 14.4 Å². The lowest BCUT2D eigenvalue weighted by molar-refractivity contribution is -0.122. The Balaban J connectivity index is 4.08. The molecule has 0 unspecified atom stereocenters. The van der Waals surface area contributed by atoms with Crippen molar-refractivity contribution in [3.63, 3.8) is 0 Å². The van der Waals surface area contributed by atoms with Gasteiger partial charge in [0.05, 0.1) is 6.54 Å². The lowest BCUT2D eigenvalue weighted by Crippen LogP contribution is -2.42. The second-order valence-corrected chi connectivity index (χ2v) is 3.91. The molecule has 0 saturated heterocycles. The van der Waals surface area contributed by atoms with E-state index in [-0.39, 0.29) is 24.9 Å². The maximum Gasteiger partial charge on any atom is 0.321 e. The molecule has 0 fully saturated rings. The first kappa shape index (κ1) is 15.4. The van der Waals surface area contributed by atoms with Gasteiger partial charge in [0, 0.05) is 26.1 Å². The van der Waals surface area contributed by atoms with Gasteiger partial charge in [-0.1, -0.05) is 0 Å². The van der Waals surface area contributed by atoms with Gasteiger partial charge in [0.15, 0.2) is 0 Å². The van der Waals surface area contributed by atoms with Gasteiger partial charge in [0.2, 0.25) is 11.8 Å². The standard InChI is InChI=1S/C10H20N4O3/c1-7(2)14(6-8(11)15)5-4-9(16)13-10(17)12-3/h7H,4-6H2,1-3H3,(H2,11,15)(H2,12,13,16,17). The average Bonchev–Trinajstić information content (AvgIpc) is 2.23. The Labute approximate surface area is 101 Å². The van der Waals surface area contributed by atoms with E-state index in [9.17, 15) is 14.4 Å². The van der Waals surface area contributed by atoms with Crippen LogP contribution in [-0.4, -0.2) is 48.9 Å². The smallest absolute Gasteiger partial charge is 0.321 e. The van der Waals surface area contributed by atoms with Gasteiger partial charge in [-0.3, -0.25) is 19.8 Å². The predicted octanol–water partition coefficient (Wildman–Crippen LogP) is -0.972. The molecule has 0 aromatic rings. The minimum Gasteiger partial charge on any atom is -0.369 e. The molecular weight excluding hydrogens is 224 g/mol. The van der Waals surface area contributed by atoms with Crippen LogP contribution in [0.15, 0.2) is 0 Å². The van der Waals surface area contributed by atoms with Crippen molar-refractivity contribution in [3.05, 3.63) is 0 Å². The van der Waals surface area contributed by atoms with Crippen LogP contribution in [0.3, 0.4) is 0 Å². The molecule has 0 saturated carbocycles. The average molecular weight is 244 g/mol. The van der Waals surface area contributed by atoms with Crippen molar-refractivity contribution in [2.24, 2.45) is 5.73 Å². The number of hydrogen-bond acceptors (Lipinski definition) is 4. The molecule has 0 radical (unpaired) electrons. The summed E-state index contributed by atoms with van der Waals surface area (Å²) < 4.78 is 0. The number of urea groups is 1. The second kappa shape index (κ2) is 7.61. The quantitative estimate of drug-likeness (QED) is 0.559. The van der Waals surface area contributed by atoms with E-state index in [1.165, 1.54) is 7.05 Å². The lowest BCUT2D eigenvalue weighted by atomic mass is 10.2. The number of rotatable bonds is 6. The van der Waals surface area contributed by atoms with Crippen LogP contribution in [0.5, 0.6) is 0 Å². The van der Waals surface area contributed by atoms with Gasteiger partial charge in [0.1, 0.15) is 0 Å². The number of nitrogens with two attached hydrogens (primary N) is 1. The molecule has 4 N–H and O–H groups in total. The first-order chi connectivity index (χ1) is 7.86. The largest absolute Gasteiger partial charge is 0.369 e. The van der Waals surface area contributed by atoms with E-state index in [0.29, 0.717) is 6.54 Å². The SMILES string of the molecule is CNC(=O)NC(=O)CCN(CC(N)=O)C(C)C. The van der Waals surface area contributed by atoms with Crippen molar-refractivity contribution in [2.45, 2.75) is 26.3 Å². The third-order valence-electron chi connectivity index (χ3n) is 2.20. The highest BCUT2D eigenvalue weighted by Gasteiger charge is 2.14. The van der Waals surface area contributed by atoms with Crippen LogP contribution in [-0.2, 0) is 9.59 Å². The van der Waals surface area contributed by atoms with Gasteiger partial charge in [-0.05, 0) is 13.8 Å². The Morgan fingerprint density at radius 2 is 1.88 bits per heavy atom. The van der Waals surface area contributed by atoms with Crippen molar-refractivity contribution in [1.82, 2.24) is 15.5 Å². The number of hydrogen-bond donors (Lipinski definition) is 3. The van der Waals surface area contributed by atoms with E-state index in [4.69, 9.17) is 5.73 Å². The van der Waals surface area contributed by atoms with Gasteiger partial charge >= 0.3 is 6.03 Å². The molecule has 17 heavy (non-hydrogen) atoms. The van der Waals surface area contributed by atoms with Crippen LogP contribution in [0.2, 0.25) is 0 Å². The highest BCUT2D eigenvalue weighted by atomic mass is 16.2. The minimum absolute atomic E-state index is 0.102. The summed E-state index contributed by atoms with van der Waals surface area (Å²) in [5.74, 6) is -0.829. The lowest BCUT2D eigenvalue weighted by Gasteiger charge is -2.24. The molecule has 4 amide bonds. The molecule has 0 rings (SSSR count). The van der Waals surface area contributed by atoms with Gasteiger partial charge in [-0.25, -0.2) is 4.79 Å².